The van der Waals surface area contributed by atoms with Crippen LogP contribution in [0.4, 0.5) is 0 Å². The monoisotopic (exact) mass is 143 g/mol. The maximum Gasteiger partial charge on any atom is 0.0639 e. The first-order chi connectivity index (χ1) is 3.80. The van der Waals surface area contributed by atoms with Crippen LogP contribution >= 0.6 is 18.5 Å². The molecule has 2 unspecified atom stereocenters. The minimum Gasteiger partial charge on any atom is -0.256 e. The Hall–Kier alpha value is 0.01000. The summed E-state index contributed by atoms with van der Waals surface area (Å²) in [5.41, 5.74) is 0.998. The molecule has 1 aromatic rings. The Labute approximate surface area is 53.3 Å². The van der Waals surface area contributed by atoms with Crippen LogP contribution in [0.3, 0.4) is 0 Å². The molecular weight excluding hydrogens is 136 g/mol. The Morgan fingerprint density at radius 3 is 2.50 bits per heavy atom. The SMILES string of the molecule is Pc1cccnc1P. The third-order valence-corrected chi connectivity index (χ3v) is 2.18. The van der Waals surface area contributed by atoms with Crippen LogP contribution in [0.2, 0.25) is 0 Å². The fourth-order valence-corrected chi connectivity index (χ4v) is 0.798. The normalized spacial score (nSPS) is 9.25. The standard InChI is InChI=1S/C5H7NP2/c7-4-2-1-3-6-5(4)8/h1-3H,7-8H2. The molecule has 8 heavy (non-hydrogen) atoms. The van der Waals surface area contributed by atoms with E-state index in [0.29, 0.717) is 0 Å². The zero-order valence-corrected chi connectivity index (χ0v) is 6.64. The topological polar surface area (TPSA) is 12.9 Å². The summed E-state index contributed by atoms with van der Waals surface area (Å²) in [5, 5.41) is 1.14. The van der Waals surface area contributed by atoms with Crippen molar-refractivity contribution in [1.29, 1.82) is 0 Å². The Morgan fingerprint density at radius 1 is 1.38 bits per heavy atom. The molecule has 3 heteroatoms. The maximum atomic E-state index is 4.02. The van der Waals surface area contributed by atoms with Crippen molar-refractivity contribution in [2.24, 2.45) is 0 Å². The summed E-state index contributed by atoms with van der Waals surface area (Å²) < 4.78 is 0. The first-order valence-corrected chi connectivity index (χ1v) is 3.42. The Morgan fingerprint density at radius 2 is 2.12 bits per heavy atom. The number of pyridine rings is 1. The molecule has 0 aliphatic carbocycles. The van der Waals surface area contributed by atoms with E-state index >= 15 is 0 Å². The lowest BCUT2D eigenvalue weighted by molar-refractivity contribution is 1.41. The number of hydrogen-bond acceptors (Lipinski definition) is 1. The summed E-state index contributed by atoms with van der Waals surface area (Å²) in [5.74, 6) is 0. The van der Waals surface area contributed by atoms with E-state index in [1.165, 1.54) is 0 Å². The van der Waals surface area contributed by atoms with Gasteiger partial charge < -0.3 is 0 Å². The molecule has 0 bridgehead atoms. The zero-order valence-electron chi connectivity index (χ0n) is 4.33. The molecular formula is C5H7NP2. The summed E-state index contributed by atoms with van der Waals surface area (Å²) in [7, 11) is 5.16. The van der Waals surface area contributed by atoms with Gasteiger partial charge in [-0.15, -0.1) is 9.24 Å². The summed E-state index contributed by atoms with van der Waals surface area (Å²) in [6.07, 6.45) is 1.77. The molecule has 0 aromatic carbocycles. The van der Waals surface area contributed by atoms with E-state index in [-0.39, 0.29) is 0 Å². The van der Waals surface area contributed by atoms with Crippen LogP contribution < -0.4 is 10.7 Å². The summed E-state index contributed by atoms with van der Waals surface area (Å²) >= 11 is 0. The number of rotatable bonds is 0. The first-order valence-electron chi connectivity index (χ1n) is 2.26. The number of aromatic nitrogens is 1. The minimum atomic E-state index is 0.998. The molecule has 1 heterocycles. The van der Waals surface area contributed by atoms with Crippen molar-refractivity contribution in [3.63, 3.8) is 0 Å². The van der Waals surface area contributed by atoms with Gasteiger partial charge in [0, 0.05) is 6.20 Å². The fourth-order valence-electron chi connectivity index (χ4n) is 0.430. The van der Waals surface area contributed by atoms with Crippen molar-refractivity contribution < 1.29 is 0 Å². The molecule has 0 radical (unpaired) electrons. The molecule has 1 nitrogen and oxygen atoms in total. The van der Waals surface area contributed by atoms with Gasteiger partial charge in [-0.05, 0) is 11.4 Å². The molecule has 0 N–H and O–H groups in total. The third kappa shape index (κ3) is 1.24. The summed E-state index contributed by atoms with van der Waals surface area (Å²) in [4.78, 5) is 4.02. The van der Waals surface area contributed by atoms with E-state index in [0.717, 1.165) is 10.7 Å². The first kappa shape index (κ1) is 6.13. The van der Waals surface area contributed by atoms with Crippen molar-refractivity contribution >= 4 is 29.2 Å². The van der Waals surface area contributed by atoms with Crippen LogP contribution in [-0.4, -0.2) is 4.98 Å². The van der Waals surface area contributed by atoms with E-state index in [2.05, 4.69) is 23.5 Å². The molecule has 1 aromatic heterocycles. The van der Waals surface area contributed by atoms with Gasteiger partial charge in [0.25, 0.3) is 0 Å². The fraction of sp³-hybridized carbons (Fsp3) is 0. The molecule has 0 saturated carbocycles. The molecule has 0 saturated heterocycles. The molecule has 0 amide bonds. The van der Waals surface area contributed by atoms with Crippen LogP contribution in [0.1, 0.15) is 0 Å². The van der Waals surface area contributed by atoms with E-state index < -0.39 is 0 Å². The van der Waals surface area contributed by atoms with Crippen molar-refractivity contribution in [2.45, 2.75) is 0 Å². The second kappa shape index (κ2) is 2.53. The van der Waals surface area contributed by atoms with Gasteiger partial charge in [-0.1, -0.05) is 15.3 Å². The van der Waals surface area contributed by atoms with Crippen molar-refractivity contribution in [3.8, 4) is 0 Å². The second-order valence-electron chi connectivity index (χ2n) is 1.48. The van der Waals surface area contributed by atoms with Crippen LogP contribution in [-0.2, 0) is 0 Å². The average Bonchev–Trinajstić information content (AvgIpc) is 1.77. The number of nitrogens with zero attached hydrogens (tertiary/aromatic N) is 1. The molecule has 0 aliphatic rings. The lowest BCUT2D eigenvalue weighted by atomic mass is 10.5. The third-order valence-electron chi connectivity index (χ3n) is 0.871. The van der Waals surface area contributed by atoms with Gasteiger partial charge in [0.05, 0.1) is 5.44 Å². The Balaban J connectivity index is 3.13. The highest BCUT2D eigenvalue weighted by atomic mass is 31.0. The Kier molecular flexibility index (Phi) is 1.94. The van der Waals surface area contributed by atoms with E-state index in [1.54, 1.807) is 6.20 Å². The zero-order chi connectivity index (χ0) is 5.98. The lowest BCUT2D eigenvalue weighted by Crippen LogP contribution is -2.12. The molecule has 0 fully saturated rings. The quantitative estimate of drug-likeness (QED) is 0.469. The highest BCUT2D eigenvalue weighted by molar-refractivity contribution is 7.35. The molecule has 0 aliphatic heterocycles. The lowest BCUT2D eigenvalue weighted by Gasteiger charge is -1.92. The van der Waals surface area contributed by atoms with Gasteiger partial charge in [-0.25, -0.2) is 0 Å². The predicted octanol–water partition coefficient (Wildman–Crippen LogP) is 0.0824. The van der Waals surface area contributed by atoms with Crippen molar-refractivity contribution in [3.05, 3.63) is 18.3 Å². The van der Waals surface area contributed by atoms with Crippen LogP contribution in [0.25, 0.3) is 0 Å². The summed E-state index contributed by atoms with van der Waals surface area (Å²) in [6, 6.07) is 3.91. The van der Waals surface area contributed by atoms with E-state index in [9.17, 15) is 0 Å². The molecule has 1 rings (SSSR count). The van der Waals surface area contributed by atoms with Crippen molar-refractivity contribution in [1.82, 2.24) is 4.98 Å². The second-order valence-corrected chi connectivity index (χ2v) is 2.65. The van der Waals surface area contributed by atoms with Gasteiger partial charge in [-0.3, -0.25) is 4.98 Å². The van der Waals surface area contributed by atoms with E-state index in [1.807, 2.05) is 12.1 Å². The van der Waals surface area contributed by atoms with Gasteiger partial charge in [0.2, 0.25) is 0 Å². The minimum absolute atomic E-state index is 0.998. The molecule has 2 atom stereocenters. The molecule has 0 spiro atoms. The van der Waals surface area contributed by atoms with Gasteiger partial charge in [-0.2, -0.15) is 0 Å². The Bertz CT molecular complexity index is 167. The highest BCUT2D eigenvalue weighted by Gasteiger charge is 1.85. The summed E-state index contributed by atoms with van der Waals surface area (Å²) in [6.45, 7) is 0. The highest BCUT2D eigenvalue weighted by Crippen LogP contribution is 1.86. The largest absolute Gasteiger partial charge is 0.256 e. The van der Waals surface area contributed by atoms with Crippen LogP contribution in [0, 0.1) is 0 Å². The average molecular weight is 143 g/mol. The predicted molar refractivity (Wildman–Crippen MR) is 42.9 cm³/mol. The van der Waals surface area contributed by atoms with Crippen molar-refractivity contribution in [2.75, 3.05) is 0 Å². The van der Waals surface area contributed by atoms with Gasteiger partial charge in [0.15, 0.2) is 0 Å². The van der Waals surface area contributed by atoms with Crippen LogP contribution in [0.15, 0.2) is 18.3 Å². The number of hydrogen-bond donors (Lipinski definition) is 0. The maximum absolute atomic E-state index is 4.02. The van der Waals surface area contributed by atoms with E-state index in [4.69, 9.17) is 0 Å². The van der Waals surface area contributed by atoms with Gasteiger partial charge in [0.1, 0.15) is 0 Å². The van der Waals surface area contributed by atoms with Crippen LogP contribution in [0.5, 0.6) is 0 Å². The smallest absolute Gasteiger partial charge is 0.0639 e. The van der Waals surface area contributed by atoms with Gasteiger partial charge >= 0.3 is 0 Å². The molecule has 42 valence electrons.